The normalized spacial score (nSPS) is 10.2. The summed E-state index contributed by atoms with van der Waals surface area (Å²) in [6, 6.07) is 7.37. The SMILES string of the molecule is CCOC(=O)C(Cl)C[O-].CCOC(=O)c1cnc(-c2cccnc2)s1.NC(=S)c1cccnc1.[Na+]. The molecule has 0 spiro atoms. The maximum atomic E-state index is 11.4. The Morgan fingerprint density at radius 3 is 2.20 bits per heavy atom. The van der Waals surface area contributed by atoms with E-state index in [2.05, 4.69) is 19.7 Å². The number of hydrogen-bond acceptors (Lipinski definition) is 10. The minimum Gasteiger partial charge on any atom is -0.853 e. The summed E-state index contributed by atoms with van der Waals surface area (Å²) in [7, 11) is 0. The van der Waals surface area contributed by atoms with Gasteiger partial charge in [-0.1, -0.05) is 12.2 Å². The van der Waals surface area contributed by atoms with Gasteiger partial charge in [-0.15, -0.1) is 29.5 Å². The zero-order chi connectivity index (χ0) is 25.3. The molecule has 0 saturated carbocycles. The summed E-state index contributed by atoms with van der Waals surface area (Å²) in [6.45, 7) is 3.45. The van der Waals surface area contributed by atoms with Crippen molar-refractivity contribution in [3.63, 3.8) is 0 Å². The molecule has 0 bridgehead atoms. The van der Waals surface area contributed by atoms with Crippen LogP contribution in [0.5, 0.6) is 0 Å². The number of carbonyl (C=O) groups is 2. The van der Waals surface area contributed by atoms with E-state index in [0.717, 1.165) is 16.1 Å². The van der Waals surface area contributed by atoms with Crippen molar-refractivity contribution in [2.45, 2.75) is 19.2 Å². The molecular weight excluding hydrogens is 523 g/mol. The molecule has 3 heterocycles. The Morgan fingerprint density at radius 2 is 1.74 bits per heavy atom. The molecule has 0 saturated heterocycles. The second kappa shape index (κ2) is 19.2. The van der Waals surface area contributed by atoms with Crippen LogP contribution in [0.1, 0.15) is 29.1 Å². The smallest absolute Gasteiger partial charge is 0.853 e. The summed E-state index contributed by atoms with van der Waals surface area (Å²) in [5, 5.41) is 9.66. The Balaban J connectivity index is 0.000000527. The summed E-state index contributed by atoms with van der Waals surface area (Å²) in [5.74, 6) is -0.954. The van der Waals surface area contributed by atoms with Crippen LogP contribution in [0.15, 0.2) is 55.2 Å². The van der Waals surface area contributed by atoms with Gasteiger partial charge in [0, 0.05) is 35.9 Å². The van der Waals surface area contributed by atoms with Crippen molar-refractivity contribution >= 4 is 52.1 Å². The molecule has 0 aliphatic rings. The fourth-order valence-corrected chi connectivity index (χ4v) is 2.99. The van der Waals surface area contributed by atoms with E-state index >= 15 is 0 Å². The second-order valence-electron chi connectivity index (χ2n) is 5.98. The van der Waals surface area contributed by atoms with Crippen LogP contribution in [0.4, 0.5) is 0 Å². The van der Waals surface area contributed by atoms with E-state index in [4.69, 9.17) is 34.3 Å². The molecule has 1 atom stereocenters. The van der Waals surface area contributed by atoms with E-state index in [1.807, 2.05) is 18.2 Å². The first-order chi connectivity index (χ1) is 16.3. The first-order valence-electron chi connectivity index (χ1n) is 9.95. The average molecular weight is 547 g/mol. The monoisotopic (exact) mass is 546 g/mol. The third kappa shape index (κ3) is 13.0. The summed E-state index contributed by atoms with van der Waals surface area (Å²) in [4.78, 5) is 34.8. The molecule has 1 unspecified atom stereocenters. The van der Waals surface area contributed by atoms with Crippen LogP contribution in [0, 0.1) is 0 Å². The first-order valence-corrected chi connectivity index (χ1v) is 11.6. The summed E-state index contributed by atoms with van der Waals surface area (Å²) < 4.78 is 9.32. The van der Waals surface area contributed by atoms with Crippen molar-refractivity contribution in [3.05, 3.63) is 65.7 Å². The van der Waals surface area contributed by atoms with Crippen molar-refractivity contribution in [2.75, 3.05) is 19.8 Å². The van der Waals surface area contributed by atoms with Gasteiger partial charge in [-0.3, -0.25) is 14.8 Å². The molecule has 2 N–H and O–H groups in total. The standard InChI is InChI=1S/C11H10N2O2S.C6H6N2S.C5H8ClO3.Na/c1-2-15-11(14)9-7-13-10(16-9)8-4-3-5-12-6-8;7-6(9)5-2-1-3-8-4-5;1-2-9-5(8)4(6)3-7;/h3-7H,2H2,1H3;1-4H,(H2,7,9);4H,2-3H2,1H3;/q;;-1;+1. The van der Waals surface area contributed by atoms with Gasteiger partial charge in [0.15, 0.2) is 0 Å². The predicted molar refractivity (Wildman–Crippen MR) is 133 cm³/mol. The second-order valence-corrected chi connectivity index (χ2v) is 7.98. The fourth-order valence-electron chi connectivity index (χ4n) is 2.00. The largest absolute Gasteiger partial charge is 1.00 e. The number of thiocarbonyl (C=S) groups is 1. The van der Waals surface area contributed by atoms with E-state index in [1.54, 1.807) is 44.7 Å². The molecule has 0 aliphatic carbocycles. The van der Waals surface area contributed by atoms with E-state index in [1.165, 1.54) is 17.5 Å². The number of esters is 2. The van der Waals surface area contributed by atoms with Crippen LogP contribution in [-0.2, 0) is 14.3 Å². The Bertz CT molecular complexity index is 1030. The molecule has 0 aromatic carbocycles. The van der Waals surface area contributed by atoms with Crippen LogP contribution < -0.4 is 40.4 Å². The van der Waals surface area contributed by atoms with Gasteiger partial charge in [-0.05, 0) is 38.1 Å². The molecule has 0 fully saturated rings. The Morgan fingerprint density at radius 1 is 1.11 bits per heavy atom. The molecule has 3 aromatic rings. The molecule has 3 aromatic heterocycles. The van der Waals surface area contributed by atoms with E-state index in [9.17, 15) is 14.7 Å². The number of rotatable bonds is 7. The Kier molecular flexibility index (Phi) is 18.1. The zero-order valence-electron chi connectivity index (χ0n) is 19.5. The van der Waals surface area contributed by atoms with Crippen LogP contribution in [0.3, 0.4) is 0 Å². The maximum absolute atomic E-state index is 11.4. The van der Waals surface area contributed by atoms with Gasteiger partial charge in [0.1, 0.15) is 20.3 Å². The minimum absolute atomic E-state index is 0. The van der Waals surface area contributed by atoms with Crippen LogP contribution >= 0.6 is 35.2 Å². The van der Waals surface area contributed by atoms with E-state index in [0.29, 0.717) is 16.5 Å². The van der Waals surface area contributed by atoms with Gasteiger partial charge in [0.2, 0.25) is 0 Å². The summed E-state index contributed by atoms with van der Waals surface area (Å²) in [5.41, 5.74) is 7.02. The average Bonchev–Trinajstić information content (AvgIpc) is 3.36. The summed E-state index contributed by atoms with van der Waals surface area (Å²) >= 11 is 11.2. The molecule has 9 nitrogen and oxygen atoms in total. The molecule has 0 radical (unpaired) electrons. The van der Waals surface area contributed by atoms with E-state index in [-0.39, 0.29) is 42.1 Å². The number of alkyl halides is 1. The number of halogens is 1. The predicted octanol–water partition coefficient (Wildman–Crippen LogP) is -0.381. The third-order valence-electron chi connectivity index (χ3n) is 3.53. The number of carbonyl (C=O) groups excluding carboxylic acids is 2. The van der Waals surface area contributed by atoms with Crippen molar-refractivity contribution in [1.82, 2.24) is 15.0 Å². The zero-order valence-corrected chi connectivity index (χ0v) is 23.9. The molecule has 0 aliphatic heterocycles. The summed E-state index contributed by atoms with van der Waals surface area (Å²) in [6.07, 6.45) is 8.27. The molecule has 13 heteroatoms. The minimum atomic E-state index is -1.02. The fraction of sp³-hybridized carbons (Fsp3) is 0.273. The van der Waals surface area contributed by atoms with Crippen LogP contribution in [-0.4, -0.2) is 57.1 Å². The number of nitrogens with zero attached hydrogens (tertiary/aromatic N) is 3. The number of aromatic nitrogens is 3. The molecule has 35 heavy (non-hydrogen) atoms. The van der Waals surface area contributed by atoms with Gasteiger partial charge >= 0.3 is 41.5 Å². The van der Waals surface area contributed by atoms with Crippen LogP contribution in [0.2, 0.25) is 0 Å². The molecule has 0 amide bonds. The number of ether oxygens (including phenoxy) is 2. The van der Waals surface area contributed by atoms with Crippen molar-refractivity contribution in [3.8, 4) is 10.6 Å². The molecule has 182 valence electrons. The van der Waals surface area contributed by atoms with Gasteiger partial charge < -0.3 is 20.3 Å². The van der Waals surface area contributed by atoms with Crippen molar-refractivity contribution < 1.29 is 53.7 Å². The Labute approximate surface area is 240 Å². The maximum Gasteiger partial charge on any atom is 1.00 e. The number of nitrogens with two attached hydrogens (primary N) is 1. The van der Waals surface area contributed by atoms with E-state index < -0.39 is 18.0 Å². The van der Waals surface area contributed by atoms with Gasteiger partial charge in [0.05, 0.1) is 19.4 Å². The van der Waals surface area contributed by atoms with Crippen molar-refractivity contribution in [1.29, 1.82) is 0 Å². The quantitative estimate of drug-likeness (QED) is 0.180. The first kappa shape index (κ1) is 33.0. The number of pyridine rings is 2. The third-order valence-corrected chi connectivity index (χ3v) is 5.09. The van der Waals surface area contributed by atoms with Gasteiger partial charge in [0.25, 0.3) is 0 Å². The number of hydrogen-bond donors (Lipinski definition) is 1. The van der Waals surface area contributed by atoms with Gasteiger partial charge in [-0.25, -0.2) is 9.78 Å². The molecular formula is C22H24ClN4NaO5S2. The van der Waals surface area contributed by atoms with Crippen molar-refractivity contribution in [2.24, 2.45) is 5.73 Å². The van der Waals surface area contributed by atoms with Gasteiger partial charge in [-0.2, -0.15) is 0 Å². The topological polar surface area (TPSA) is 140 Å². The van der Waals surface area contributed by atoms with Crippen LogP contribution in [0.25, 0.3) is 10.6 Å². The number of thiazole rings is 1. The molecule has 3 rings (SSSR count). The Hall–Kier alpha value is -1.99.